The Labute approximate surface area is 159 Å². The van der Waals surface area contributed by atoms with Crippen molar-refractivity contribution in [3.8, 4) is 0 Å². The van der Waals surface area contributed by atoms with Crippen LogP contribution in [0.4, 0.5) is 10.5 Å². The van der Waals surface area contributed by atoms with Crippen LogP contribution in [0.2, 0.25) is 0 Å². The van der Waals surface area contributed by atoms with E-state index in [1.54, 1.807) is 6.92 Å². The van der Waals surface area contributed by atoms with Gasteiger partial charge in [0.2, 0.25) is 5.91 Å². The van der Waals surface area contributed by atoms with Gasteiger partial charge in [-0.25, -0.2) is 9.59 Å². The van der Waals surface area contributed by atoms with E-state index < -0.39 is 10.7 Å². The number of carbonyl (C=O) groups is 2. The van der Waals surface area contributed by atoms with Gasteiger partial charge in [0.05, 0.1) is 23.1 Å². The van der Waals surface area contributed by atoms with Gasteiger partial charge in [-0.3, -0.25) is 19.5 Å². The number of fused-ring (bicyclic) bond motifs is 1. The first-order valence-corrected chi connectivity index (χ1v) is 8.84. The molecule has 2 amide bonds. The second-order valence-electron chi connectivity index (χ2n) is 6.56. The number of hydrogen-bond acceptors (Lipinski definition) is 7. The van der Waals surface area contributed by atoms with Crippen LogP contribution in [0.3, 0.4) is 0 Å². The third kappa shape index (κ3) is 4.30. The fourth-order valence-corrected chi connectivity index (χ4v) is 3.09. The molecule has 1 saturated heterocycles. The highest BCUT2D eigenvalue weighted by Gasteiger charge is 2.24. The van der Waals surface area contributed by atoms with Gasteiger partial charge in [0.15, 0.2) is 5.58 Å². The first-order chi connectivity index (χ1) is 13.3. The first-order valence-electron chi connectivity index (χ1n) is 8.84. The van der Waals surface area contributed by atoms with Crippen molar-refractivity contribution >= 4 is 28.8 Å². The molecule has 1 fully saturated rings. The summed E-state index contributed by atoms with van der Waals surface area (Å²) in [5.41, 5.74) is 0.412. The van der Waals surface area contributed by atoms with Gasteiger partial charge in [-0.1, -0.05) is 0 Å². The average Bonchev–Trinajstić information content (AvgIpc) is 3.17. The molecule has 1 aromatic carbocycles. The third-order valence-electron chi connectivity index (χ3n) is 4.39. The summed E-state index contributed by atoms with van der Waals surface area (Å²) in [5.74, 6) is -0.826. The Balaban J connectivity index is 1.52. The van der Waals surface area contributed by atoms with E-state index in [4.69, 9.17) is 9.15 Å². The van der Waals surface area contributed by atoms with Crippen molar-refractivity contribution < 1.29 is 23.7 Å². The number of benzene rings is 1. The highest BCUT2D eigenvalue weighted by Crippen LogP contribution is 2.20. The van der Waals surface area contributed by atoms with Crippen LogP contribution in [0.1, 0.15) is 19.8 Å². The van der Waals surface area contributed by atoms with E-state index in [2.05, 4.69) is 5.32 Å². The summed E-state index contributed by atoms with van der Waals surface area (Å²) in [6.45, 7) is 3.27. The van der Waals surface area contributed by atoms with Gasteiger partial charge in [-0.15, -0.1) is 0 Å². The number of amides is 2. The highest BCUT2D eigenvalue weighted by atomic mass is 16.6. The number of nitrogens with zero attached hydrogens (tertiary/aromatic N) is 3. The Bertz CT molecular complexity index is 964. The van der Waals surface area contributed by atoms with Crippen LogP contribution in [0, 0.1) is 10.1 Å². The van der Waals surface area contributed by atoms with E-state index in [-0.39, 0.29) is 42.3 Å². The number of aromatic nitrogens is 1. The Hall–Kier alpha value is -3.37. The SMILES string of the molecule is CC(CN1CCOC1=O)NC(=O)CCCn1c(=O)oc2cc([N+](=O)[O-])ccc21. The Morgan fingerprint density at radius 2 is 2.18 bits per heavy atom. The summed E-state index contributed by atoms with van der Waals surface area (Å²) in [6, 6.07) is 3.72. The van der Waals surface area contributed by atoms with Crippen LogP contribution >= 0.6 is 0 Å². The molecule has 1 unspecified atom stereocenters. The Morgan fingerprint density at radius 3 is 2.86 bits per heavy atom. The molecule has 1 aromatic heterocycles. The summed E-state index contributed by atoms with van der Waals surface area (Å²) >= 11 is 0. The van der Waals surface area contributed by atoms with E-state index in [0.29, 0.717) is 31.6 Å². The van der Waals surface area contributed by atoms with Crippen molar-refractivity contribution in [2.24, 2.45) is 0 Å². The zero-order valence-corrected chi connectivity index (χ0v) is 15.3. The lowest BCUT2D eigenvalue weighted by Gasteiger charge is -2.19. The number of aryl methyl sites for hydroxylation is 1. The molecule has 11 nitrogen and oxygen atoms in total. The zero-order valence-electron chi connectivity index (χ0n) is 15.3. The Morgan fingerprint density at radius 1 is 1.39 bits per heavy atom. The van der Waals surface area contributed by atoms with Crippen molar-refractivity contribution in [3.05, 3.63) is 38.9 Å². The van der Waals surface area contributed by atoms with Crippen molar-refractivity contribution in [2.45, 2.75) is 32.4 Å². The number of nitrogens with one attached hydrogen (secondary N) is 1. The summed E-state index contributed by atoms with van der Waals surface area (Å²) in [6.07, 6.45) is 0.184. The van der Waals surface area contributed by atoms with Crippen molar-refractivity contribution in [1.29, 1.82) is 0 Å². The summed E-state index contributed by atoms with van der Waals surface area (Å²) in [7, 11) is 0. The van der Waals surface area contributed by atoms with Crippen molar-refractivity contribution in [1.82, 2.24) is 14.8 Å². The molecule has 1 aliphatic heterocycles. The molecule has 0 saturated carbocycles. The topological polar surface area (TPSA) is 137 Å². The molecule has 1 atom stereocenters. The van der Waals surface area contributed by atoms with Gasteiger partial charge in [0.25, 0.3) is 5.69 Å². The normalized spacial score (nSPS) is 14.9. The van der Waals surface area contributed by atoms with E-state index in [9.17, 15) is 24.5 Å². The molecule has 150 valence electrons. The minimum absolute atomic E-state index is 0.134. The number of carbonyl (C=O) groups excluding carboxylic acids is 2. The van der Waals surface area contributed by atoms with Crippen molar-refractivity contribution in [3.63, 3.8) is 0 Å². The zero-order chi connectivity index (χ0) is 20.3. The van der Waals surface area contributed by atoms with Crippen LogP contribution in [0.15, 0.2) is 27.4 Å². The highest BCUT2D eigenvalue weighted by molar-refractivity contribution is 5.77. The van der Waals surface area contributed by atoms with Crippen LogP contribution in [-0.4, -0.2) is 52.1 Å². The molecule has 2 heterocycles. The molecule has 3 rings (SSSR count). The number of cyclic esters (lactones) is 1. The number of rotatable bonds is 8. The van der Waals surface area contributed by atoms with Gasteiger partial charge in [-0.2, -0.15) is 0 Å². The van der Waals surface area contributed by atoms with Gasteiger partial charge >= 0.3 is 11.8 Å². The van der Waals surface area contributed by atoms with Crippen molar-refractivity contribution in [2.75, 3.05) is 19.7 Å². The molecular formula is C17H20N4O7. The predicted molar refractivity (Wildman–Crippen MR) is 96.9 cm³/mol. The van der Waals surface area contributed by atoms with Crippen LogP contribution in [-0.2, 0) is 16.1 Å². The summed E-state index contributed by atoms with van der Waals surface area (Å²) < 4.78 is 11.2. The maximum Gasteiger partial charge on any atom is 0.419 e. The van der Waals surface area contributed by atoms with Crippen LogP contribution in [0.5, 0.6) is 0 Å². The minimum Gasteiger partial charge on any atom is -0.448 e. The molecule has 1 aliphatic rings. The molecule has 11 heteroatoms. The summed E-state index contributed by atoms with van der Waals surface area (Å²) in [4.78, 5) is 47.2. The molecule has 1 N–H and O–H groups in total. The fraction of sp³-hybridized carbons (Fsp3) is 0.471. The number of nitro benzene ring substituents is 1. The molecule has 2 aromatic rings. The third-order valence-corrected chi connectivity index (χ3v) is 4.39. The van der Waals surface area contributed by atoms with Gasteiger partial charge in [0, 0.05) is 31.6 Å². The molecule has 0 spiro atoms. The first kappa shape index (κ1) is 19.4. The van der Waals surface area contributed by atoms with Gasteiger partial charge < -0.3 is 19.4 Å². The average molecular weight is 392 g/mol. The Kier molecular flexibility index (Phi) is 5.62. The van der Waals surface area contributed by atoms with Gasteiger partial charge in [0.1, 0.15) is 6.61 Å². The fourth-order valence-electron chi connectivity index (χ4n) is 3.09. The number of non-ortho nitro benzene ring substituents is 1. The monoisotopic (exact) mass is 392 g/mol. The number of oxazole rings is 1. The minimum atomic E-state index is -0.628. The molecule has 0 bridgehead atoms. The summed E-state index contributed by atoms with van der Waals surface area (Å²) in [5, 5.41) is 13.6. The lowest BCUT2D eigenvalue weighted by atomic mass is 10.2. The maximum atomic E-state index is 12.1. The largest absolute Gasteiger partial charge is 0.448 e. The second-order valence-corrected chi connectivity index (χ2v) is 6.56. The van der Waals surface area contributed by atoms with Crippen LogP contribution < -0.4 is 11.1 Å². The van der Waals surface area contributed by atoms with E-state index in [0.717, 1.165) is 0 Å². The van der Waals surface area contributed by atoms with Crippen LogP contribution in [0.25, 0.3) is 11.1 Å². The number of hydrogen-bond donors (Lipinski definition) is 1. The quantitative estimate of drug-likeness (QED) is 0.527. The van der Waals surface area contributed by atoms with E-state index in [1.165, 1.54) is 27.7 Å². The molecule has 0 radical (unpaired) electrons. The smallest absolute Gasteiger partial charge is 0.419 e. The van der Waals surface area contributed by atoms with Gasteiger partial charge in [-0.05, 0) is 19.4 Å². The standard InChI is InChI=1S/C17H20N4O7/c1-11(10-19-7-8-27-16(19)23)18-15(22)3-2-6-20-13-5-4-12(21(25)26)9-14(13)28-17(20)24/h4-5,9,11H,2-3,6-8,10H2,1H3,(H,18,22). The predicted octanol–water partition coefficient (Wildman–Crippen LogP) is 1.24. The van der Waals surface area contributed by atoms with E-state index in [1.807, 2.05) is 0 Å². The lowest BCUT2D eigenvalue weighted by molar-refractivity contribution is -0.384. The molecule has 0 aliphatic carbocycles. The second kappa shape index (κ2) is 8.11. The maximum absolute atomic E-state index is 12.1. The molecular weight excluding hydrogens is 372 g/mol. The number of ether oxygens (including phenoxy) is 1. The lowest BCUT2D eigenvalue weighted by Crippen LogP contribution is -2.42. The number of nitro groups is 1. The van der Waals surface area contributed by atoms with E-state index >= 15 is 0 Å². The molecule has 28 heavy (non-hydrogen) atoms.